The number of carbonyl (C=O) groups excluding carboxylic acids is 1. The Bertz CT molecular complexity index is 812. The normalized spacial score (nSPS) is 11.4. The fraction of sp³-hybridized carbons (Fsp3) is 0.333. The molecule has 1 aromatic heterocycles. The molecule has 0 bridgehead atoms. The highest BCUT2D eigenvalue weighted by Gasteiger charge is 2.16. The van der Waals surface area contributed by atoms with Gasteiger partial charge in [0.2, 0.25) is 10.0 Å². The van der Waals surface area contributed by atoms with Crippen LogP contribution in [0.1, 0.15) is 29.3 Å². The second-order valence-electron chi connectivity index (χ2n) is 5.24. The van der Waals surface area contributed by atoms with Crippen molar-refractivity contribution in [2.45, 2.75) is 31.7 Å². The average molecular weight is 336 g/mol. The molecule has 8 heteroatoms. The van der Waals surface area contributed by atoms with Crippen LogP contribution in [0, 0.1) is 6.92 Å². The largest absolute Gasteiger partial charge is 0.382 e. The third-order valence-corrected chi connectivity index (χ3v) is 4.30. The number of ketones is 1. The van der Waals surface area contributed by atoms with Gasteiger partial charge in [-0.15, -0.1) is 0 Å². The van der Waals surface area contributed by atoms with Gasteiger partial charge < -0.3 is 5.32 Å². The van der Waals surface area contributed by atoms with Crippen molar-refractivity contribution in [2.75, 3.05) is 11.9 Å². The van der Waals surface area contributed by atoms with Gasteiger partial charge in [-0.2, -0.15) is 5.10 Å². The minimum Gasteiger partial charge on any atom is -0.382 e. The van der Waals surface area contributed by atoms with Crippen molar-refractivity contribution in [1.82, 2.24) is 9.78 Å². The topological polar surface area (TPSA) is 107 Å². The Labute approximate surface area is 135 Å². The lowest BCUT2D eigenvalue weighted by molar-refractivity contribution is 0.0988. The maximum Gasteiger partial charge on any atom is 0.240 e. The molecule has 0 aliphatic carbocycles. The summed E-state index contributed by atoms with van der Waals surface area (Å²) in [5.41, 5.74) is 1.77. The standard InChI is InChI=1S/C15H20N4O3S/c1-3-14(20)12-4-5-13(15(8-12)23(16,21)22)17-6-7-19-10-11(2)9-18-19/h4-5,8-10,17H,3,6-7H2,1-2H3,(H2,16,21,22). The highest BCUT2D eigenvalue weighted by atomic mass is 32.2. The van der Waals surface area contributed by atoms with Gasteiger partial charge in [-0.25, -0.2) is 13.6 Å². The molecule has 2 aromatic rings. The summed E-state index contributed by atoms with van der Waals surface area (Å²) in [6.07, 6.45) is 3.95. The van der Waals surface area contributed by atoms with E-state index in [4.69, 9.17) is 5.14 Å². The zero-order valence-corrected chi connectivity index (χ0v) is 13.9. The lowest BCUT2D eigenvalue weighted by Crippen LogP contribution is -2.18. The fourth-order valence-electron chi connectivity index (χ4n) is 2.18. The van der Waals surface area contributed by atoms with E-state index in [0.29, 0.717) is 30.8 Å². The first-order valence-corrected chi connectivity index (χ1v) is 8.79. The molecule has 0 atom stereocenters. The molecule has 0 unspecified atom stereocenters. The van der Waals surface area contributed by atoms with Crippen LogP contribution in [0.5, 0.6) is 0 Å². The minimum absolute atomic E-state index is 0.0755. The van der Waals surface area contributed by atoms with Crippen molar-refractivity contribution < 1.29 is 13.2 Å². The van der Waals surface area contributed by atoms with E-state index in [0.717, 1.165) is 5.56 Å². The number of benzene rings is 1. The Morgan fingerprint density at radius 1 is 1.39 bits per heavy atom. The molecule has 1 aromatic carbocycles. The average Bonchev–Trinajstić information content (AvgIpc) is 2.91. The molecule has 0 aliphatic rings. The van der Waals surface area contributed by atoms with Crippen molar-refractivity contribution in [1.29, 1.82) is 0 Å². The predicted molar refractivity (Wildman–Crippen MR) is 87.9 cm³/mol. The highest BCUT2D eigenvalue weighted by Crippen LogP contribution is 2.22. The van der Waals surface area contributed by atoms with Crippen LogP contribution in [0.3, 0.4) is 0 Å². The number of nitrogens with one attached hydrogen (secondary N) is 1. The van der Waals surface area contributed by atoms with Crippen LogP contribution >= 0.6 is 0 Å². The Kier molecular flexibility index (Phi) is 5.17. The van der Waals surface area contributed by atoms with Crippen molar-refractivity contribution >= 4 is 21.5 Å². The smallest absolute Gasteiger partial charge is 0.240 e. The molecule has 23 heavy (non-hydrogen) atoms. The number of rotatable bonds is 7. The summed E-state index contributed by atoms with van der Waals surface area (Å²) in [5.74, 6) is -0.131. The number of aromatic nitrogens is 2. The number of Topliss-reactive ketones (excluding diaryl/α,β-unsaturated/α-hetero) is 1. The molecule has 3 N–H and O–H groups in total. The van der Waals surface area contributed by atoms with E-state index in [9.17, 15) is 13.2 Å². The molecule has 2 rings (SSSR count). The quantitative estimate of drug-likeness (QED) is 0.746. The maximum absolute atomic E-state index is 11.8. The maximum atomic E-state index is 11.8. The molecule has 0 spiro atoms. The second-order valence-corrected chi connectivity index (χ2v) is 6.77. The molecule has 0 aliphatic heterocycles. The van der Waals surface area contributed by atoms with E-state index in [-0.39, 0.29) is 10.7 Å². The number of hydrogen-bond acceptors (Lipinski definition) is 5. The number of primary sulfonamides is 1. The van der Waals surface area contributed by atoms with E-state index >= 15 is 0 Å². The summed E-state index contributed by atoms with van der Waals surface area (Å²) in [7, 11) is -3.93. The van der Waals surface area contributed by atoms with Crippen molar-refractivity contribution in [3.8, 4) is 0 Å². The molecular formula is C15H20N4O3S. The molecule has 7 nitrogen and oxygen atoms in total. The van der Waals surface area contributed by atoms with E-state index < -0.39 is 10.0 Å². The Morgan fingerprint density at radius 3 is 2.70 bits per heavy atom. The van der Waals surface area contributed by atoms with E-state index in [1.54, 1.807) is 29.9 Å². The molecule has 1 heterocycles. The van der Waals surface area contributed by atoms with E-state index in [1.165, 1.54) is 6.07 Å². The number of aryl methyl sites for hydroxylation is 1. The molecule has 0 saturated carbocycles. The van der Waals surface area contributed by atoms with Crippen molar-refractivity contribution in [2.24, 2.45) is 5.14 Å². The van der Waals surface area contributed by atoms with Crippen LogP contribution < -0.4 is 10.5 Å². The number of nitrogens with zero attached hydrogens (tertiary/aromatic N) is 2. The van der Waals surface area contributed by atoms with E-state index in [1.807, 2.05) is 13.1 Å². The SMILES string of the molecule is CCC(=O)c1ccc(NCCn2cc(C)cn2)c(S(N)(=O)=O)c1. The van der Waals surface area contributed by atoms with Crippen LogP contribution in [0.4, 0.5) is 5.69 Å². The van der Waals surface area contributed by atoms with Gasteiger partial charge in [0, 0.05) is 24.7 Å². The zero-order valence-electron chi connectivity index (χ0n) is 13.1. The summed E-state index contributed by atoms with van der Waals surface area (Å²) < 4.78 is 25.3. The summed E-state index contributed by atoms with van der Waals surface area (Å²) in [5, 5.41) is 12.4. The third-order valence-electron chi connectivity index (χ3n) is 3.35. The molecule has 0 amide bonds. The van der Waals surface area contributed by atoms with Gasteiger partial charge in [0.05, 0.1) is 18.4 Å². The van der Waals surface area contributed by atoms with Crippen LogP contribution in [-0.4, -0.2) is 30.5 Å². The zero-order chi connectivity index (χ0) is 17.0. The van der Waals surface area contributed by atoms with Gasteiger partial charge in [-0.1, -0.05) is 6.92 Å². The third kappa shape index (κ3) is 4.40. The lowest BCUT2D eigenvalue weighted by atomic mass is 10.1. The summed E-state index contributed by atoms with van der Waals surface area (Å²) in [6.45, 7) is 4.72. The monoisotopic (exact) mass is 336 g/mol. The second kappa shape index (κ2) is 6.93. The van der Waals surface area contributed by atoms with Crippen LogP contribution in [0.25, 0.3) is 0 Å². The highest BCUT2D eigenvalue weighted by molar-refractivity contribution is 7.89. The van der Waals surface area contributed by atoms with Gasteiger partial charge in [-0.3, -0.25) is 9.48 Å². The van der Waals surface area contributed by atoms with Gasteiger partial charge >= 0.3 is 0 Å². The first-order chi connectivity index (χ1) is 10.8. The number of hydrogen-bond donors (Lipinski definition) is 2. The fourth-order valence-corrected chi connectivity index (χ4v) is 2.91. The van der Waals surface area contributed by atoms with E-state index in [2.05, 4.69) is 10.4 Å². The van der Waals surface area contributed by atoms with Gasteiger partial charge in [0.25, 0.3) is 0 Å². The van der Waals surface area contributed by atoms with Crippen LogP contribution in [0.15, 0.2) is 35.5 Å². The molecule has 0 fully saturated rings. The van der Waals surface area contributed by atoms with Gasteiger partial charge in [-0.05, 0) is 30.7 Å². The van der Waals surface area contributed by atoms with Crippen molar-refractivity contribution in [3.63, 3.8) is 0 Å². The Hall–Kier alpha value is -2.19. The molecular weight excluding hydrogens is 316 g/mol. The van der Waals surface area contributed by atoms with Gasteiger partial charge in [0.1, 0.15) is 4.90 Å². The first-order valence-electron chi connectivity index (χ1n) is 7.24. The van der Waals surface area contributed by atoms with Crippen LogP contribution in [0.2, 0.25) is 0 Å². The van der Waals surface area contributed by atoms with Crippen LogP contribution in [-0.2, 0) is 16.6 Å². The molecule has 0 saturated heterocycles. The Balaban J connectivity index is 2.18. The molecule has 124 valence electrons. The summed E-state index contributed by atoms with van der Waals surface area (Å²) in [6, 6.07) is 4.49. The number of anilines is 1. The molecule has 0 radical (unpaired) electrons. The minimum atomic E-state index is -3.93. The van der Waals surface area contributed by atoms with Crippen molar-refractivity contribution in [3.05, 3.63) is 41.7 Å². The number of sulfonamides is 1. The Morgan fingerprint density at radius 2 is 2.13 bits per heavy atom. The number of carbonyl (C=O) groups is 1. The first kappa shape index (κ1) is 17.2. The number of nitrogens with two attached hydrogens (primary N) is 1. The summed E-state index contributed by atoms with van der Waals surface area (Å²) in [4.78, 5) is 11.7. The summed E-state index contributed by atoms with van der Waals surface area (Å²) >= 11 is 0. The van der Waals surface area contributed by atoms with Gasteiger partial charge in [0.15, 0.2) is 5.78 Å². The lowest BCUT2D eigenvalue weighted by Gasteiger charge is -2.12. The predicted octanol–water partition coefficient (Wildman–Crippen LogP) is 1.54.